The lowest BCUT2D eigenvalue weighted by atomic mass is 10.00. The Balaban J connectivity index is 1.32. The van der Waals surface area contributed by atoms with Gasteiger partial charge in [0.15, 0.2) is 5.82 Å². The number of nitrogens with zero attached hydrogens (tertiary/aromatic N) is 5. The van der Waals surface area contributed by atoms with Gasteiger partial charge in [-0.3, -0.25) is 9.78 Å². The van der Waals surface area contributed by atoms with E-state index in [9.17, 15) is 4.79 Å². The monoisotopic (exact) mass is 379 g/mol. The predicted molar refractivity (Wildman–Crippen MR) is 105 cm³/mol. The number of piperidine rings is 1. The third-order valence-electron chi connectivity index (χ3n) is 5.11. The second kappa shape index (κ2) is 8.69. The average molecular weight is 379 g/mol. The summed E-state index contributed by atoms with van der Waals surface area (Å²) >= 11 is 0. The van der Waals surface area contributed by atoms with Crippen molar-refractivity contribution in [1.82, 2.24) is 35.2 Å². The molecule has 1 aromatic carbocycles. The Morgan fingerprint density at radius 3 is 2.93 bits per heavy atom. The first-order valence-corrected chi connectivity index (χ1v) is 9.78. The second-order valence-corrected chi connectivity index (χ2v) is 7.03. The van der Waals surface area contributed by atoms with Crippen LogP contribution in [0, 0.1) is 0 Å². The molecule has 3 aromatic rings. The van der Waals surface area contributed by atoms with E-state index in [4.69, 9.17) is 0 Å². The largest absolute Gasteiger partial charge is 0.331 e. The number of benzene rings is 1. The fourth-order valence-electron chi connectivity index (χ4n) is 3.63. The van der Waals surface area contributed by atoms with Crippen molar-refractivity contribution in [3.05, 3.63) is 54.6 Å². The Kier molecular flexibility index (Phi) is 5.65. The molecule has 1 aliphatic heterocycles. The Labute approximate surface area is 164 Å². The summed E-state index contributed by atoms with van der Waals surface area (Å²) in [7, 11) is 0. The van der Waals surface area contributed by atoms with Crippen LogP contribution in [0.15, 0.2) is 48.8 Å². The number of amides is 2. The molecule has 1 fully saturated rings. The Bertz CT molecular complexity index is 875. The van der Waals surface area contributed by atoms with Gasteiger partial charge >= 0.3 is 6.03 Å². The number of aromatic amines is 1. The fraction of sp³-hybridized carbons (Fsp3) is 0.400. The number of H-pyrrole nitrogens is 1. The summed E-state index contributed by atoms with van der Waals surface area (Å²) in [4.78, 5) is 19.2. The molecule has 1 saturated heterocycles. The smallest absolute Gasteiger partial charge is 0.318 e. The highest BCUT2D eigenvalue weighted by Gasteiger charge is 2.26. The van der Waals surface area contributed by atoms with Crippen LogP contribution in [0.1, 0.15) is 31.5 Å². The SMILES string of the molecule is O=C(NCc1nc(-c2ccccc2)n[nH]1)N1CCCC[C@H]1CCn1cccn1. The van der Waals surface area contributed by atoms with Gasteiger partial charge in [0.2, 0.25) is 0 Å². The summed E-state index contributed by atoms with van der Waals surface area (Å²) in [5.74, 6) is 1.29. The van der Waals surface area contributed by atoms with Crippen LogP contribution in [0.25, 0.3) is 11.4 Å². The number of aryl methyl sites for hydroxylation is 1. The maximum absolute atomic E-state index is 12.8. The number of carbonyl (C=O) groups excluding carboxylic acids is 1. The Morgan fingerprint density at radius 1 is 1.21 bits per heavy atom. The van der Waals surface area contributed by atoms with Crippen LogP contribution in [-0.2, 0) is 13.1 Å². The molecule has 2 aromatic heterocycles. The summed E-state index contributed by atoms with van der Waals surface area (Å²) < 4.78 is 1.92. The van der Waals surface area contributed by atoms with Gasteiger partial charge in [-0.05, 0) is 31.7 Å². The van der Waals surface area contributed by atoms with Crippen LogP contribution in [0.2, 0.25) is 0 Å². The van der Waals surface area contributed by atoms with E-state index >= 15 is 0 Å². The Morgan fingerprint density at radius 2 is 2.11 bits per heavy atom. The van der Waals surface area contributed by atoms with E-state index in [1.54, 1.807) is 6.20 Å². The van der Waals surface area contributed by atoms with Gasteiger partial charge in [-0.25, -0.2) is 9.78 Å². The zero-order chi connectivity index (χ0) is 19.2. The topological polar surface area (TPSA) is 91.7 Å². The molecular weight excluding hydrogens is 354 g/mol. The molecule has 0 aliphatic carbocycles. The molecule has 0 spiro atoms. The first-order chi connectivity index (χ1) is 13.8. The van der Waals surface area contributed by atoms with E-state index in [1.807, 2.05) is 52.2 Å². The summed E-state index contributed by atoms with van der Waals surface area (Å²) in [6.45, 7) is 1.95. The average Bonchev–Trinajstić information content (AvgIpc) is 3.43. The standard InChI is InChI=1S/C20H25N7O/c28-20(21-15-18-23-19(25-24-18)16-7-2-1-3-8-16)27-13-5-4-9-17(27)10-14-26-12-6-11-22-26/h1-3,6-8,11-12,17H,4-5,9-10,13-15H2,(H,21,28)(H,23,24,25)/t17-/m0/s1. The first kappa shape index (κ1) is 18.2. The van der Waals surface area contributed by atoms with Gasteiger partial charge < -0.3 is 10.2 Å². The number of carbonyl (C=O) groups is 1. The molecule has 1 atom stereocenters. The first-order valence-electron chi connectivity index (χ1n) is 9.78. The number of likely N-dealkylation sites (tertiary alicyclic amines) is 1. The van der Waals surface area contributed by atoms with Crippen LogP contribution in [-0.4, -0.2) is 48.5 Å². The minimum atomic E-state index is -0.0390. The van der Waals surface area contributed by atoms with E-state index in [0.717, 1.165) is 44.3 Å². The van der Waals surface area contributed by atoms with Crippen LogP contribution in [0.4, 0.5) is 4.79 Å². The number of aromatic nitrogens is 5. The minimum absolute atomic E-state index is 0.0390. The van der Waals surface area contributed by atoms with Gasteiger partial charge in [0.1, 0.15) is 5.82 Å². The van der Waals surface area contributed by atoms with Gasteiger partial charge in [0, 0.05) is 37.1 Å². The number of urea groups is 1. The Hall–Kier alpha value is -3.16. The third-order valence-corrected chi connectivity index (χ3v) is 5.11. The summed E-state index contributed by atoms with van der Waals surface area (Å²) in [5.41, 5.74) is 0.950. The molecule has 8 nitrogen and oxygen atoms in total. The predicted octanol–water partition coefficient (Wildman–Crippen LogP) is 2.82. The van der Waals surface area contributed by atoms with Gasteiger partial charge in [-0.15, -0.1) is 0 Å². The third kappa shape index (κ3) is 4.39. The molecule has 0 radical (unpaired) electrons. The maximum atomic E-state index is 12.8. The maximum Gasteiger partial charge on any atom is 0.318 e. The van der Waals surface area contributed by atoms with E-state index in [-0.39, 0.29) is 12.1 Å². The second-order valence-electron chi connectivity index (χ2n) is 7.03. The molecule has 2 amide bonds. The van der Waals surface area contributed by atoms with Crippen LogP contribution in [0.5, 0.6) is 0 Å². The highest BCUT2D eigenvalue weighted by molar-refractivity contribution is 5.74. The van der Waals surface area contributed by atoms with Crippen molar-refractivity contribution < 1.29 is 4.79 Å². The van der Waals surface area contributed by atoms with Gasteiger partial charge in [0.05, 0.1) is 6.54 Å². The molecular formula is C20H25N7O. The molecule has 0 bridgehead atoms. The number of hydrogen-bond donors (Lipinski definition) is 2. The van der Waals surface area contributed by atoms with Crippen molar-refractivity contribution >= 4 is 6.03 Å². The molecule has 1 aliphatic rings. The van der Waals surface area contributed by atoms with Gasteiger partial charge in [-0.2, -0.15) is 10.2 Å². The minimum Gasteiger partial charge on any atom is -0.331 e. The van der Waals surface area contributed by atoms with Crippen LogP contribution < -0.4 is 5.32 Å². The van der Waals surface area contributed by atoms with Crippen molar-refractivity contribution in [2.45, 2.75) is 44.8 Å². The molecule has 2 N–H and O–H groups in total. The van der Waals surface area contributed by atoms with Crippen LogP contribution >= 0.6 is 0 Å². The van der Waals surface area contributed by atoms with E-state index < -0.39 is 0 Å². The molecule has 0 unspecified atom stereocenters. The summed E-state index contributed by atoms with van der Waals surface area (Å²) in [5, 5.41) is 14.4. The molecule has 3 heterocycles. The lowest BCUT2D eigenvalue weighted by Crippen LogP contribution is -2.48. The molecule has 0 saturated carbocycles. The fourth-order valence-corrected chi connectivity index (χ4v) is 3.63. The van der Waals surface area contributed by atoms with Crippen molar-refractivity contribution in [2.75, 3.05) is 6.54 Å². The molecule has 8 heteroatoms. The molecule has 28 heavy (non-hydrogen) atoms. The van der Waals surface area contributed by atoms with E-state index in [0.29, 0.717) is 18.2 Å². The zero-order valence-corrected chi connectivity index (χ0v) is 15.8. The van der Waals surface area contributed by atoms with Crippen molar-refractivity contribution in [3.63, 3.8) is 0 Å². The quantitative estimate of drug-likeness (QED) is 0.689. The molecule has 146 valence electrons. The number of rotatable bonds is 6. The number of nitrogens with one attached hydrogen (secondary N) is 2. The molecule has 4 rings (SSSR count). The number of hydrogen-bond acceptors (Lipinski definition) is 4. The summed E-state index contributed by atoms with van der Waals surface area (Å²) in [6.07, 6.45) is 7.90. The van der Waals surface area contributed by atoms with E-state index in [2.05, 4.69) is 25.6 Å². The summed E-state index contributed by atoms with van der Waals surface area (Å²) in [6, 6.07) is 11.9. The van der Waals surface area contributed by atoms with Crippen LogP contribution in [0.3, 0.4) is 0 Å². The zero-order valence-electron chi connectivity index (χ0n) is 15.8. The lowest BCUT2D eigenvalue weighted by Gasteiger charge is -2.35. The normalized spacial score (nSPS) is 16.9. The lowest BCUT2D eigenvalue weighted by molar-refractivity contribution is 0.142. The van der Waals surface area contributed by atoms with Gasteiger partial charge in [-0.1, -0.05) is 30.3 Å². The van der Waals surface area contributed by atoms with E-state index in [1.165, 1.54) is 0 Å². The van der Waals surface area contributed by atoms with Gasteiger partial charge in [0.25, 0.3) is 0 Å². The van der Waals surface area contributed by atoms with Crippen molar-refractivity contribution in [3.8, 4) is 11.4 Å². The van der Waals surface area contributed by atoms with Crippen molar-refractivity contribution in [2.24, 2.45) is 0 Å². The van der Waals surface area contributed by atoms with Crippen molar-refractivity contribution in [1.29, 1.82) is 0 Å². The highest BCUT2D eigenvalue weighted by atomic mass is 16.2. The highest BCUT2D eigenvalue weighted by Crippen LogP contribution is 2.20.